The molecule has 1 fully saturated rings. The first-order valence-electron chi connectivity index (χ1n) is 8.36. The largest absolute Gasteiger partial charge is 0.416 e. The van der Waals surface area contributed by atoms with Crippen molar-refractivity contribution < 1.29 is 22.7 Å². The third kappa shape index (κ3) is 4.54. The first kappa shape index (κ1) is 18.3. The summed E-state index contributed by atoms with van der Waals surface area (Å²) in [4.78, 5) is 12.5. The van der Waals surface area contributed by atoms with Crippen molar-refractivity contribution in [2.45, 2.75) is 25.1 Å². The number of hydrogen-bond acceptors (Lipinski definition) is 3. The second-order valence-corrected chi connectivity index (χ2v) is 6.09. The van der Waals surface area contributed by atoms with Gasteiger partial charge in [0.15, 0.2) is 0 Å². The van der Waals surface area contributed by atoms with Crippen molar-refractivity contribution >= 4 is 17.3 Å². The highest BCUT2D eigenvalue weighted by atomic mass is 19.4. The molecule has 1 unspecified atom stereocenters. The molecule has 0 spiro atoms. The minimum absolute atomic E-state index is 0.0162. The van der Waals surface area contributed by atoms with Gasteiger partial charge in [-0.25, -0.2) is 0 Å². The highest BCUT2D eigenvalue weighted by Gasteiger charge is 2.30. The Bertz CT molecular complexity index is 771. The summed E-state index contributed by atoms with van der Waals surface area (Å²) < 4.78 is 44.0. The minimum atomic E-state index is -4.42. The molecule has 7 heteroatoms. The van der Waals surface area contributed by atoms with Crippen LogP contribution in [-0.4, -0.2) is 25.2 Å². The van der Waals surface area contributed by atoms with Crippen molar-refractivity contribution in [2.24, 2.45) is 0 Å². The zero-order valence-electron chi connectivity index (χ0n) is 14.0. The van der Waals surface area contributed by atoms with Crippen molar-refractivity contribution in [3.8, 4) is 0 Å². The summed E-state index contributed by atoms with van der Waals surface area (Å²) in [5, 5.41) is 5.72. The van der Waals surface area contributed by atoms with Gasteiger partial charge in [-0.3, -0.25) is 4.79 Å². The number of halogens is 3. The number of ether oxygens (including phenoxy) is 1. The minimum Gasteiger partial charge on any atom is -0.376 e. The third-order valence-corrected chi connectivity index (χ3v) is 4.15. The lowest BCUT2D eigenvalue weighted by molar-refractivity contribution is -0.137. The van der Waals surface area contributed by atoms with Crippen molar-refractivity contribution in [1.29, 1.82) is 0 Å². The van der Waals surface area contributed by atoms with Gasteiger partial charge >= 0.3 is 6.18 Å². The highest BCUT2D eigenvalue weighted by Crippen LogP contribution is 2.31. The average molecular weight is 364 g/mol. The van der Waals surface area contributed by atoms with Crippen LogP contribution in [0.4, 0.5) is 24.5 Å². The van der Waals surface area contributed by atoms with Gasteiger partial charge in [0.2, 0.25) is 0 Å². The van der Waals surface area contributed by atoms with E-state index in [0.29, 0.717) is 24.4 Å². The van der Waals surface area contributed by atoms with Gasteiger partial charge in [0.25, 0.3) is 5.91 Å². The standard InChI is InChI=1S/C19H19F3N2O2/c20-19(21,22)13-5-3-6-14(11-13)24-17-9-2-1-8-16(17)18(25)23-12-15-7-4-10-26-15/h1-3,5-6,8-9,11,15,24H,4,7,10,12H2,(H,23,25). The molecule has 3 rings (SSSR count). The fourth-order valence-electron chi connectivity index (χ4n) is 2.83. The molecule has 1 atom stereocenters. The summed E-state index contributed by atoms with van der Waals surface area (Å²) in [6.45, 7) is 1.12. The predicted octanol–water partition coefficient (Wildman–Crippen LogP) is 4.36. The Kier molecular flexibility index (Phi) is 5.46. The van der Waals surface area contributed by atoms with E-state index in [4.69, 9.17) is 4.74 Å². The molecule has 0 saturated carbocycles. The molecule has 26 heavy (non-hydrogen) atoms. The fraction of sp³-hybridized carbons (Fsp3) is 0.316. The van der Waals surface area contributed by atoms with E-state index in [0.717, 1.165) is 25.0 Å². The molecule has 2 aromatic rings. The molecule has 0 radical (unpaired) electrons. The topological polar surface area (TPSA) is 50.4 Å². The lowest BCUT2D eigenvalue weighted by Gasteiger charge is -2.15. The Morgan fingerprint density at radius 3 is 2.69 bits per heavy atom. The quantitative estimate of drug-likeness (QED) is 0.829. The zero-order chi connectivity index (χ0) is 18.6. The van der Waals surface area contributed by atoms with Crippen molar-refractivity contribution in [3.05, 3.63) is 59.7 Å². The van der Waals surface area contributed by atoms with Crippen LogP contribution in [0.1, 0.15) is 28.8 Å². The number of hydrogen-bond donors (Lipinski definition) is 2. The van der Waals surface area contributed by atoms with Gasteiger partial charge in [-0.1, -0.05) is 18.2 Å². The lowest BCUT2D eigenvalue weighted by Crippen LogP contribution is -2.32. The fourth-order valence-corrected chi connectivity index (χ4v) is 2.83. The van der Waals surface area contributed by atoms with E-state index >= 15 is 0 Å². The van der Waals surface area contributed by atoms with Gasteiger partial charge in [0.05, 0.1) is 22.9 Å². The van der Waals surface area contributed by atoms with E-state index < -0.39 is 11.7 Å². The van der Waals surface area contributed by atoms with Crippen LogP contribution in [0.25, 0.3) is 0 Å². The molecular formula is C19H19F3N2O2. The summed E-state index contributed by atoms with van der Waals surface area (Å²) in [7, 11) is 0. The molecule has 138 valence electrons. The van der Waals surface area contributed by atoms with E-state index in [-0.39, 0.29) is 17.7 Å². The number of amides is 1. The molecule has 1 heterocycles. The van der Waals surface area contributed by atoms with E-state index in [1.807, 2.05) is 0 Å². The first-order valence-corrected chi connectivity index (χ1v) is 8.36. The molecule has 0 bridgehead atoms. The number of nitrogens with one attached hydrogen (secondary N) is 2. The summed E-state index contributed by atoms with van der Waals surface area (Å²) >= 11 is 0. The lowest BCUT2D eigenvalue weighted by atomic mass is 10.1. The maximum Gasteiger partial charge on any atom is 0.416 e. The van der Waals surface area contributed by atoms with Crippen LogP contribution in [0.15, 0.2) is 48.5 Å². The van der Waals surface area contributed by atoms with E-state index in [1.54, 1.807) is 24.3 Å². The molecule has 1 saturated heterocycles. The molecule has 0 aromatic heterocycles. The van der Waals surface area contributed by atoms with Crippen LogP contribution < -0.4 is 10.6 Å². The Hall–Kier alpha value is -2.54. The van der Waals surface area contributed by atoms with Gasteiger partial charge < -0.3 is 15.4 Å². The van der Waals surface area contributed by atoms with Crippen molar-refractivity contribution in [3.63, 3.8) is 0 Å². The molecule has 1 amide bonds. The van der Waals surface area contributed by atoms with E-state index in [9.17, 15) is 18.0 Å². The number of rotatable bonds is 5. The van der Waals surface area contributed by atoms with Gasteiger partial charge in [-0.2, -0.15) is 13.2 Å². The second kappa shape index (κ2) is 7.78. The normalized spacial score (nSPS) is 17.1. The van der Waals surface area contributed by atoms with Crippen LogP contribution in [0.2, 0.25) is 0 Å². The number of alkyl halides is 3. The smallest absolute Gasteiger partial charge is 0.376 e. The molecule has 1 aliphatic rings. The summed E-state index contributed by atoms with van der Waals surface area (Å²) in [6, 6.07) is 11.6. The summed E-state index contributed by atoms with van der Waals surface area (Å²) in [6.07, 6.45) is -2.52. The van der Waals surface area contributed by atoms with Crippen molar-refractivity contribution in [1.82, 2.24) is 5.32 Å². The molecule has 2 aromatic carbocycles. The maximum absolute atomic E-state index is 12.9. The molecule has 1 aliphatic heterocycles. The number of benzene rings is 2. The molecule has 2 N–H and O–H groups in total. The van der Waals surface area contributed by atoms with Gasteiger partial charge in [0.1, 0.15) is 0 Å². The zero-order valence-corrected chi connectivity index (χ0v) is 14.0. The Morgan fingerprint density at radius 1 is 1.15 bits per heavy atom. The van der Waals surface area contributed by atoms with E-state index in [2.05, 4.69) is 10.6 Å². The summed E-state index contributed by atoms with van der Waals surface area (Å²) in [5.41, 5.74) is 0.321. The van der Waals surface area contributed by atoms with Crippen LogP contribution in [0, 0.1) is 0 Å². The first-order chi connectivity index (χ1) is 12.4. The van der Waals surface area contributed by atoms with Crippen molar-refractivity contribution in [2.75, 3.05) is 18.5 Å². The van der Waals surface area contributed by atoms with E-state index in [1.165, 1.54) is 12.1 Å². The number of anilines is 2. The van der Waals surface area contributed by atoms with Crippen LogP contribution in [0.3, 0.4) is 0 Å². The van der Waals surface area contributed by atoms with Crippen LogP contribution >= 0.6 is 0 Å². The SMILES string of the molecule is O=C(NCC1CCCO1)c1ccccc1Nc1cccc(C(F)(F)F)c1. The Labute approximate surface area is 149 Å². The maximum atomic E-state index is 12.9. The third-order valence-electron chi connectivity index (χ3n) is 4.15. The second-order valence-electron chi connectivity index (χ2n) is 6.09. The predicted molar refractivity (Wildman–Crippen MR) is 92.5 cm³/mol. The van der Waals surface area contributed by atoms with Gasteiger partial charge in [0, 0.05) is 18.8 Å². The van der Waals surface area contributed by atoms with Crippen LogP contribution in [0.5, 0.6) is 0 Å². The Balaban J connectivity index is 1.73. The van der Waals surface area contributed by atoms with Gasteiger partial charge in [-0.15, -0.1) is 0 Å². The number of para-hydroxylation sites is 1. The van der Waals surface area contributed by atoms with Crippen LogP contribution in [-0.2, 0) is 10.9 Å². The monoisotopic (exact) mass is 364 g/mol. The molecule has 4 nitrogen and oxygen atoms in total. The van der Waals surface area contributed by atoms with Gasteiger partial charge in [-0.05, 0) is 43.2 Å². The summed E-state index contributed by atoms with van der Waals surface area (Å²) in [5.74, 6) is -0.296. The number of carbonyl (C=O) groups excluding carboxylic acids is 1. The highest BCUT2D eigenvalue weighted by molar-refractivity contribution is 6.00. The molecule has 0 aliphatic carbocycles. The average Bonchev–Trinajstić information content (AvgIpc) is 3.13. The Morgan fingerprint density at radius 2 is 1.96 bits per heavy atom. The molecular weight excluding hydrogens is 345 g/mol. The number of carbonyl (C=O) groups is 1.